The summed E-state index contributed by atoms with van der Waals surface area (Å²) in [5, 5.41) is 2.81. The summed E-state index contributed by atoms with van der Waals surface area (Å²) in [6.45, 7) is 3.92. The molecule has 0 saturated heterocycles. The Morgan fingerprint density at radius 3 is 2.47 bits per heavy atom. The second kappa shape index (κ2) is 8.38. The summed E-state index contributed by atoms with van der Waals surface area (Å²) in [5.74, 6) is -0.439. The van der Waals surface area contributed by atoms with Gasteiger partial charge in [0.2, 0.25) is 5.91 Å². The first kappa shape index (κ1) is 18.2. The zero-order valence-corrected chi connectivity index (χ0v) is 12.7. The lowest BCUT2D eigenvalue weighted by Crippen LogP contribution is -2.47. The minimum absolute atomic E-state index is 0. The van der Waals surface area contributed by atoms with Crippen molar-refractivity contribution in [3.63, 3.8) is 0 Å². The number of nitrogens with two attached hydrogens (primary N) is 1. The van der Waals surface area contributed by atoms with Crippen LogP contribution in [-0.4, -0.2) is 31.1 Å². The molecule has 1 saturated carbocycles. The van der Waals surface area contributed by atoms with Gasteiger partial charge in [-0.15, -0.1) is 12.4 Å². The fourth-order valence-corrected chi connectivity index (χ4v) is 2.32. The quantitative estimate of drug-likeness (QED) is 0.747. The summed E-state index contributed by atoms with van der Waals surface area (Å²) in [7, 11) is 1.34. The topological polar surface area (TPSA) is 81.4 Å². The molecular weight excluding hydrogens is 268 g/mol. The predicted octanol–water partition coefficient (Wildman–Crippen LogP) is 1.24. The maximum Gasteiger partial charge on any atom is 0.328 e. The van der Waals surface area contributed by atoms with Crippen LogP contribution in [0.15, 0.2) is 0 Å². The fourth-order valence-electron chi connectivity index (χ4n) is 2.32. The van der Waals surface area contributed by atoms with Crippen molar-refractivity contribution in [1.82, 2.24) is 5.32 Å². The molecule has 1 aliphatic carbocycles. The van der Waals surface area contributed by atoms with Gasteiger partial charge < -0.3 is 15.8 Å². The molecule has 0 aliphatic heterocycles. The van der Waals surface area contributed by atoms with Crippen molar-refractivity contribution in [2.24, 2.45) is 17.6 Å². The van der Waals surface area contributed by atoms with Gasteiger partial charge in [-0.05, 0) is 25.2 Å². The second-order valence-electron chi connectivity index (χ2n) is 5.17. The molecule has 1 rings (SSSR count). The third kappa shape index (κ3) is 4.99. The van der Waals surface area contributed by atoms with Crippen molar-refractivity contribution in [2.75, 3.05) is 7.11 Å². The molecule has 1 aliphatic rings. The molecule has 0 aromatic heterocycles. The molecule has 1 fully saturated rings. The highest BCUT2D eigenvalue weighted by Crippen LogP contribution is 2.24. The minimum atomic E-state index is -0.552. The molecule has 0 aromatic carbocycles. The first-order valence-corrected chi connectivity index (χ1v) is 6.63. The van der Waals surface area contributed by atoms with Gasteiger partial charge in [0.15, 0.2) is 0 Å². The number of methoxy groups -OCH3 is 1. The van der Waals surface area contributed by atoms with Crippen LogP contribution in [0.3, 0.4) is 0 Å². The number of carbonyl (C=O) groups excluding carboxylic acids is 2. The molecule has 4 atom stereocenters. The third-order valence-corrected chi connectivity index (χ3v) is 3.81. The summed E-state index contributed by atoms with van der Waals surface area (Å²) in [6.07, 6.45) is 3.20. The molecule has 5 nitrogen and oxygen atoms in total. The lowest BCUT2D eigenvalue weighted by molar-refractivity contribution is -0.147. The number of ether oxygens (including phenoxy) is 1. The summed E-state index contributed by atoms with van der Waals surface area (Å²) in [5.41, 5.74) is 5.79. The van der Waals surface area contributed by atoms with Gasteiger partial charge in [0.1, 0.15) is 6.04 Å². The molecule has 1 amide bonds. The fraction of sp³-hybridized carbons (Fsp3) is 0.846. The van der Waals surface area contributed by atoms with E-state index < -0.39 is 6.04 Å². The lowest BCUT2D eigenvalue weighted by Gasteiger charge is -2.23. The molecule has 0 radical (unpaired) electrons. The number of hydrogen-bond acceptors (Lipinski definition) is 4. The van der Waals surface area contributed by atoms with E-state index in [2.05, 4.69) is 5.32 Å². The summed E-state index contributed by atoms with van der Waals surface area (Å²) in [6, 6.07) is -0.440. The van der Waals surface area contributed by atoms with Gasteiger partial charge in [-0.25, -0.2) is 4.79 Å². The molecule has 0 aromatic rings. The van der Waals surface area contributed by atoms with Crippen LogP contribution < -0.4 is 11.1 Å². The van der Waals surface area contributed by atoms with E-state index in [0.717, 1.165) is 19.3 Å². The number of halogens is 1. The van der Waals surface area contributed by atoms with Crippen molar-refractivity contribution in [2.45, 2.75) is 51.6 Å². The highest BCUT2D eigenvalue weighted by Gasteiger charge is 2.32. The van der Waals surface area contributed by atoms with Crippen LogP contribution in [-0.2, 0) is 14.3 Å². The van der Waals surface area contributed by atoms with E-state index in [1.807, 2.05) is 13.8 Å². The Kier molecular flexibility index (Phi) is 8.02. The number of nitrogens with one attached hydrogen (secondary N) is 1. The van der Waals surface area contributed by atoms with Crippen LogP contribution in [0.2, 0.25) is 0 Å². The van der Waals surface area contributed by atoms with Crippen molar-refractivity contribution >= 4 is 24.3 Å². The summed E-state index contributed by atoms with van der Waals surface area (Å²) in [4.78, 5) is 23.7. The van der Waals surface area contributed by atoms with Gasteiger partial charge in [0, 0.05) is 12.0 Å². The third-order valence-electron chi connectivity index (χ3n) is 3.81. The Morgan fingerprint density at radius 2 is 2.05 bits per heavy atom. The largest absolute Gasteiger partial charge is 0.467 e. The number of esters is 1. The lowest BCUT2D eigenvalue weighted by atomic mass is 9.97. The van der Waals surface area contributed by atoms with Crippen LogP contribution in [0.25, 0.3) is 0 Å². The minimum Gasteiger partial charge on any atom is -0.467 e. The SMILES string of the molecule is CC[C@H](C)[C@H](NC(=O)C1CCC(N)C1)C(=O)OC.Cl. The first-order valence-electron chi connectivity index (χ1n) is 6.63. The van der Waals surface area contributed by atoms with Crippen molar-refractivity contribution < 1.29 is 14.3 Å². The van der Waals surface area contributed by atoms with Gasteiger partial charge in [-0.3, -0.25) is 4.79 Å². The van der Waals surface area contributed by atoms with Crippen molar-refractivity contribution in [1.29, 1.82) is 0 Å². The maximum atomic E-state index is 12.1. The molecule has 0 bridgehead atoms. The summed E-state index contributed by atoms with van der Waals surface area (Å²) < 4.78 is 4.74. The van der Waals surface area contributed by atoms with E-state index >= 15 is 0 Å². The number of rotatable bonds is 5. The molecule has 0 spiro atoms. The Hall–Kier alpha value is -0.810. The smallest absolute Gasteiger partial charge is 0.328 e. The van der Waals surface area contributed by atoms with Gasteiger partial charge >= 0.3 is 5.97 Å². The van der Waals surface area contributed by atoms with Crippen LogP contribution >= 0.6 is 12.4 Å². The van der Waals surface area contributed by atoms with Crippen LogP contribution in [0.1, 0.15) is 39.5 Å². The second-order valence-corrected chi connectivity index (χ2v) is 5.17. The molecule has 6 heteroatoms. The van der Waals surface area contributed by atoms with Gasteiger partial charge in [-0.1, -0.05) is 20.3 Å². The van der Waals surface area contributed by atoms with E-state index in [0.29, 0.717) is 6.42 Å². The van der Waals surface area contributed by atoms with Crippen LogP contribution in [0, 0.1) is 11.8 Å². The highest BCUT2D eigenvalue weighted by molar-refractivity contribution is 5.86. The van der Waals surface area contributed by atoms with Gasteiger partial charge in [0.25, 0.3) is 0 Å². The van der Waals surface area contributed by atoms with E-state index in [4.69, 9.17) is 10.5 Å². The molecule has 0 heterocycles. The maximum absolute atomic E-state index is 12.1. The molecule has 19 heavy (non-hydrogen) atoms. The molecule has 2 unspecified atom stereocenters. The molecule has 3 N–H and O–H groups in total. The Balaban J connectivity index is 0.00000324. The standard InChI is InChI=1S/C13H24N2O3.ClH/c1-4-8(2)11(13(17)18-3)15-12(16)9-5-6-10(14)7-9;/h8-11H,4-7,14H2,1-3H3,(H,15,16);1H/t8-,9?,10?,11-;/m0./s1. The van der Waals surface area contributed by atoms with E-state index in [-0.39, 0.29) is 42.2 Å². The normalized spacial score (nSPS) is 25.1. The first-order chi connectivity index (χ1) is 8.49. The number of carbonyl (C=O) groups is 2. The zero-order valence-electron chi connectivity index (χ0n) is 11.8. The Morgan fingerprint density at radius 1 is 1.42 bits per heavy atom. The molecular formula is C13H25ClN2O3. The van der Waals surface area contributed by atoms with Crippen LogP contribution in [0.4, 0.5) is 0 Å². The average molecular weight is 293 g/mol. The summed E-state index contributed by atoms with van der Waals surface area (Å²) >= 11 is 0. The average Bonchev–Trinajstić information content (AvgIpc) is 2.80. The van der Waals surface area contributed by atoms with E-state index in [9.17, 15) is 9.59 Å². The van der Waals surface area contributed by atoms with Crippen LogP contribution in [0.5, 0.6) is 0 Å². The van der Waals surface area contributed by atoms with E-state index in [1.54, 1.807) is 0 Å². The van der Waals surface area contributed by atoms with Gasteiger partial charge in [0.05, 0.1) is 7.11 Å². The predicted molar refractivity (Wildman–Crippen MR) is 76.0 cm³/mol. The number of amides is 1. The number of hydrogen-bond donors (Lipinski definition) is 2. The van der Waals surface area contributed by atoms with Gasteiger partial charge in [-0.2, -0.15) is 0 Å². The van der Waals surface area contributed by atoms with Crippen molar-refractivity contribution in [3.05, 3.63) is 0 Å². The highest BCUT2D eigenvalue weighted by atomic mass is 35.5. The zero-order chi connectivity index (χ0) is 13.7. The monoisotopic (exact) mass is 292 g/mol. The Bertz CT molecular complexity index is 312. The Labute approximate surface area is 121 Å². The van der Waals surface area contributed by atoms with E-state index in [1.165, 1.54) is 7.11 Å². The molecule has 112 valence electrons. The van der Waals surface area contributed by atoms with Crippen molar-refractivity contribution in [3.8, 4) is 0 Å².